The Morgan fingerprint density at radius 1 is 1.13 bits per heavy atom. The highest BCUT2D eigenvalue weighted by Crippen LogP contribution is 2.37. The summed E-state index contributed by atoms with van der Waals surface area (Å²) < 4.78 is 0. The normalized spacial score (nSPS) is 19.5. The van der Waals surface area contributed by atoms with Crippen molar-refractivity contribution in [1.29, 1.82) is 0 Å². The summed E-state index contributed by atoms with van der Waals surface area (Å²) in [7, 11) is 0. The number of rotatable bonds is 6. The lowest BCUT2D eigenvalue weighted by molar-refractivity contribution is -0.131. The highest BCUT2D eigenvalue weighted by atomic mass is 35.5. The first-order valence-corrected chi connectivity index (χ1v) is 10.5. The van der Waals surface area contributed by atoms with Gasteiger partial charge in [0.1, 0.15) is 6.33 Å². The average molecular weight is 421 g/mol. The zero-order chi connectivity index (χ0) is 21.0. The summed E-state index contributed by atoms with van der Waals surface area (Å²) in [6, 6.07) is 16.0. The van der Waals surface area contributed by atoms with Crippen molar-refractivity contribution < 1.29 is 4.79 Å². The molecule has 6 heteroatoms. The summed E-state index contributed by atoms with van der Waals surface area (Å²) in [6.45, 7) is 2.33. The lowest BCUT2D eigenvalue weighted by atomic mass is 9.73. The number of aromatic nitrogens is 2. The van der Waals surface area contributed by atoms with Crippen LogP contribution in [0.5, 0.6) is 0 Å². The van der Waals surface area contributed by atoms with Gasteiger partial charge in [-0.25, -0.2) is 9.97 Å². The molecule has 1 fully saturated rings. The number of hydrogen-bond donors (Lipinski definition) is 1. The Hall–Kier alpha value is -2.76. The van der Waals surface area contributed by atoms with Crippen LogP contribution in [0.25, 0.3) is 11.1 Å². The van der Waals surface area contributed by atoms with E-state index in [0.29, 0.717) is 13.0 Å². The molecule has 3 aromatic rings. The molecule has 4 rings (SSSR count). The Labute approximate surface area is 181 Å². The predicted molar refractivity (Wildman–Crippen MR) is 119 cm³/mol. The second-order valence-electron chi connectivity index (χ2n) is 8.05. The van der Waals surface area contributed by atoms with Crippen LogP contribution in [-0.4, -0.2) is 33.9 Å². The monoisotopic (exact) mass is 420 g/mol. The minimum absolute atomic E-state index is 0.239. The molecule has 0 bridgehead atoms. The van der Waals surface area contributed by atoms with Crippen LogP contribution < -0.4 is 5.73 Å². The Morgan fingerprint density at radius 2 is 1.93 bits per heavy atom. The number of benzene rings is 2. The van der Waals surface area contributed by atoms with Gasteiger partial charge in [-0.3, -0.25) is 9.69 Å². The number of piperidine rings is 1. The lowest BCUT2D eigenvalue weighted by Gasteiger charge is -2.41. The van der Waals surface area contributed by atoms with Gasteiger partial charge in [-0.2, -0.15) is 0 Å². The van der Waals surface area contributed by atoms with E-state index in [0.717, 1.165) is 53.2 Å². The largest absolute Gasteiger partial charge is 0.369 e. The number of hydrogen-bond acceptors (Lipinski definition) is 4. The fourth-order valence-corrected chi connectivity index (χ4v) is 4.66. The van der Waals surface area contributed by atoms with E-state index in [9.17, 15) is 4.79 Å². The molecule has 0 aliphatic carbocycles. The molecule has 2 N–H and O–H groups in total. The molecule has 30 heavy (non-hydrogen) atoms. The Balaban J connectivity index is 1.60. The van der Waals surface area contributed by atoms with Crippen LogP contribution in [0.15, 0.2) is 67.3 Å². The topological polar surface area (TPSA) is 72.1 Å². The molecular formula is C24H25ClN4O. The number of carbonyl (C=O) groups excluding carboxylic acids is 1. The fraction of sp³-hybridized carbons (Fsp3) is 0.292. The molecule has 2 aromatic carbocycles. The molecule has 1 aliphatic heterocycles. The SMILES string of the molecule is NC(=O)C1(Cc2ccccc2-c2cncnc2)CCCN(Cc2cccc(Cl)c2)C1. The molecule has 5 nitrogen and oxygen atoms in total. The van der Waals surface area contributed by atoms with E-state index in [1.165, 1.54) is 6.33 Å². The first-order chi connectivity index (χ1) is 14.6. The van der Waals surface area contributed by atoms with E-state index in [4.69, 9.17) is 17.3 Å². The summed E-state index contributed by atoms with van der Waals surface area (Å²) in [4.78, 5) is 23.3. The van der Waals surface area contributed by atoms with Gasteiger partial charge in [0.2, 0.25) is 5.91 Å². The fourth-order valence-electron chi connectivity index (χ4n) is 4.45. The van der Waals surface area contributed by atoms with Gasteiger partial charge in [0.15, 0.2) is 0 Å². The number of halogens is 1. The van der Waals surface area contributed by atoms with Crippen LogP contribution in [-0.2, 0) is 17.8 Å². The Morgan fingerprint density at radius 3 is 2.70 bits per heavy atom. The van der Waals surface area contributed by atoms with Crippen molar-refractivity contribution in [3.05, 3.63) is 83.4 Å². The van der Waals surface area contributed by atoms with Gasteiger partial charge in [-0.1, -0.05) is 48.0 Å². The molecular weight excluding hydrogens is 396 g/mol. The average Bonchev–Trinajstić information content (AvgIpc) is 2.75. The molecule has 1 unspecified atom stereocenters. The first-order valence-electron chi connectivity index (χ1n) is 10.2. The van der Waals surface area contributed by atoms with Gasteiger partial charge in [0, 0.05) is 36.1 Å². The van der Waals surface area contributed by atoms with Crippen molar-refractivity contribution in [2.45, 2.75) is 25.8 Å². The summed E-state index contributed by atoms with van der Waals surface area (Å²) in [5.74, 6) is -0.239. The number of primary amides is 1. The smallest absolute Gasteiger partial charge is 0.225 e. The molecule has 1 aliphatic rings. The molecule has 154 valence electrons. The third kappa shape index (κ3) is 4.53. The van der Waals surface area contributed by atoms with Crippen molar-refractivity contribution in [3.8, 4) is 11.1 Å². The molecule has 1 amide bonds. The third-order valence-electron chi connectivity index (χ3n) is 5.89. The third-order valence-corrected chi connectivity index (χ3v) is 6.13. The molecule has 0 saturated carbocycles. The number of amides is 1. The predicted octanol–water partition coefficient (Wildman–Crippen LogP) is 4.11. The maximum absolute atomic E-state index is 12.7. The second kappa shape index (κ2) is 8.94. The molecule has 1 atom stereocenters. The molecule has 0 radical (unpaired) electrons. The number of nitrogens with two attached hydrogens (primary N) is 1. The van der Waals surface area contributed by atoms with E-state index in [1.807, 2.05) is 30.3 Å². The first kappa shape index (κ1) is 20.5. The van der Waals surface area contributed by atoms with Crippen LogP contribution in [0, 0.1) is 5.41 Å². The standard InChI is InChI=1S/C24H25ClN4O/c25-21-7-3-5-18(11-21)15-29-10-4-9-24(16-29,23(26)30)12-19-6-1-2-8-22(19)20-13-27-17-28-14-20/h1-3,5-8,11,13-14,17H,4,9-10,12,15-16H2,(H2,26,30). The highest BCUT2D eigenvalue weighted by molar-refractivity contribution is 6.30. The van der Waals surface area contributed by atoms with Crippen molar-refractivity contribution in [2.75, 3.05) is 13.1 Å². The number of likely N-dealkylation sites (tertiary alicyclic amines) is 1. The molecule has 1 saturated heterocycles. The van der Waals surface area contributed by atoms with Crippen LogP contribution >= 0.6 is 11.6 Å². The Kier molecular flexibility index (Phi) is 6.11. The van der Waals surface area contributed by atoms with E-state index in [2.05, 4.69) is 33.1 Å². The second-order valence-corrected chi connectivity index (χ2v) is 8.49. The van der Waals surface area contributed by atoms with Gasteiger partial charge in [-0.05, 0) is 54.6 Å². The number of carbonyl (C=O) groups is 1. The number of nitrogens with zero attached hydrogens (tertiary/aromatic N) is 3. The summed E-state index contributed by atoms with van der Waals surface area (Å²) in [5.41, 5.74) is 9.63. The van der Waals surface area contributed by atoms with E-state index < -0.39 is 5.41 Å². The van der Waals surface area contributed by atoms with Gasteiger partial charge in [0.25, 0.3) is 0 Å². The maximum Gasteiger partial charge on any atom is 0.225 e. The van der Waals surface area contributed by atoms with Crippen LogP contribution in [0.1, 0.15) is 24.0 Å². The summed E-state index contributed by atoms with van der Waals surface area (Å²) in [5, 5.41) is 0.727. The minimum Gasteiger partial charge on any atom is -0.369 e. The van der Waals surface area contributed by atoms with Crippen molar-refractivity contribution in [2.24, 2.45) is 11.1 Å². The zero-order valence-corrected chi connectivity index (χ0v) is 17.6. The zero-order valence-electron chi connectivity index (χ0n) is 16.8. The molecule has 0 spiro atoms. The molecule has 1 aromatic heterocycles. The van der Waals surface area contributed by atoms with Crippen LogP contribution in [0.2, 0.25) is 5.02 Å². The quantitative estimate of drug-likeness (QED) is 0.651. The van der Waals surface area contributed by atoms with E-state index in [1.54, 1.807) is 12.4 Å². The summed E-state index contributed by atoms with van der Waals surface area (Å²) in [6.07, 6.45) is 7.43. The highest BCUT2D eigenvalue weighted by Gasteiger charge is 2.41. The van der Waals surface area contributed by atoms with Crippen molar-refractivity contribution in [1.82, 2.24) is 14.9 Å². The van der Waals surface area contributed by atoms with E-state index in [-0.39, 0.29) is 5.91 Å². The van der Waals surface area contributed by atoms with Crippen LogP contribution in [0.4, 0.5) is 0 Å². The van der Waals surface area contributed by atoms with Gasteiger partial charge in [-0.15, -0.1) is 0 Å². The Bertz CT molecular complexity index is 1030. The minimum atomic E-state index is -0.609. The van der Waals surface area contributed by atoms with Crippen LogP contribution in [0.3, 0.4) is 0 Å². The van der Waals surface area contributed by atoms with Crippen molar-refractivity contribution >= 4 is 17.5 Å². The summed E-state index contributed by atoms with van der Waals surface area (Å²) >= 11 is 6.15. The van der Waals surface area contributed by atoms with Crippen molar-refractivity contribution in [3.63, 3.8) is 0 Å². The maximum atomic E-state index is 12.7. The lowest BCUT2D eigenvalue weighted by Crippen LogP contribution is -2.51. The molecule has 2 heterocycles. The van der Waals surface area contributed by atoms with Gasteiger partial charge >= 0.3 is 0 Å². The van der Waals surface area contributed by atoms with Gasteiger partial charge < -0.3 is 5.73 Å². The van der Waals surface area contributed by atoms with E-state index >= 15 is 0 Å². The van der Waals surface area contributed by atoms with Gasteiger partial charge in [0.05, 0.1) is 5.41 Å².